The zero-order valence-corrected chi connectivity index (χ0v) is 19.4. The minimum absolute atomic E-state index is 0.0387. The number of ether oxygens (including phenoxy) is 1. The number of aromatic nitrogens is 3. The Labute approximate surface area is 195 Å². The Morgan fingerprint density at radius 2 is 2.03 bits per heavy atom. The van der Waals surface area contributed by atoms with E-state index in [0.29, 0.717) is 18.7 Å². The number of nitrogens with one attached hydrogen (secondary N) is 1. The molecule has 1 fully saturated rings. The first kappa shape index (κ1) is 21.6. The number of halogens is 1. The molecule has 4 aromatic rings. The van der Waals surface area contributed by atoms with Gasteiger partial charge < -0.3 is 14.6 Å². The lowest BCUT2D eigenvalue weighted by atomic mass is 9.98. The molecule has 0 spiro atoms. The number of carbonyl (C=O) groups is 1. The highest BCUT2D eigenvalue weighted by Gasteiger charge is 2.31. The van der Waals surface area contributed by atoms with Crippen molar-refractivity contribution in [2.24, 2.45) is 0 Å². The van der Waals surface area contributed by atoms with E-state index in [2.05, 4.69) is 9.97 Å². The highest BCUT2D eigenvalue weighted by Crippen LogP contribution is 2.33. The number of amides is 1. The number of hydrogen-bond acceptors (Lipinski definition) is 5. The Kier molecular flexibility index (Phi) is 5.85. The second-order valence-corrected chi connectivity index (χ2v) is 9.54. The minimum Gasteiger partial charge on any atom is -0.497 e. The topological polar surface area (TPSA) is 71.1 Å². The Hall–Kier alpha value is -3.26. The average Bonchev–Trinajstić information content (AvgIpc) is 3.41. The molecule has 0 bridgehead atoms. The number of carbonyl (C=O) groups excluding carboxylic acids is 1. The van der Waals surface area contributed by atoms with Crippen molar-refractivity contribution in [1.29, 1.82) is 0 Å². The smallest absolute Gasteiger partial charge is 0.274 e. The number of thiazole rings is 1. The fourth-order valence-electron chi connectivity index (χ4n) is 4.47. The molecule has 0 saturated carbocycles. The molecule has 170 valence electrons. The van der Waals surface area contributed by atoms with Crippen LogP contribution in [0.25, 0.3) is 21.5 Å². The van der Waals surface area contributed by atoms with Gasteiger partial charge in [-0.2, -0.15) is 0 Å². The Balaban J connectivity index is 1.42. The van der Waals surface area contributed by atoms with Crippen LogP contribution in [0.4, 0.5) is 4.39 Å². The van der Waals surface area contributed by atoms with Gasteiger partial charge in [-0.3, -0.25) is 4.79 Å². The maximum absolute atomic E-state index is 13.7. The lowest BCUT2D eigenvalue weighted by Crippen LogP contribution is -2.45. The number of rotatable bonds is 5. The summed E-state index contributed by atoms with van der Waals surface area (Å²) in [5, 5.41) is 0.817. The summed E-state index contributed by atoms with van der Waals surface area (Å²) in [6.45, 7) is 2.59. The van der Waals surface area contributed by atoms with E-state index in [0.717, 1.165) is 57.3 Å². The van der Waals surface area contributed by atoms with Crippen LogP contribution in [0.3, 0.4) is 0 Å². The molecule has 1 amide bonds. The van der Waals surface area contributed by atoms with Gasteiger partial charge in [0.05, 0.1) is 28.0 Å². The van der Waals surface area contributed by atoms with Crippen molar-refractivity contribution >= 4 is 28.3 Å². The molecule has 1 aliphatic rings. The zero-order chi connectivity index (χ0) is 22.9. The number of aromatic amines is 1. The van der Waals surface area contributed by atoms with E-state index in [1.54, 1.807) is 19.2 Å². The van der Waals surface area contributed by atoms with Crippen molar-refractivity contribution < 1.29 is 13.9 Å². The van der Waals surface area contributed by atoms with Crippen LogP contribution >= 0.6 is 11.3 Å². The molecule has 8 heteroatoms. The van der Waals surface area contributed by atoms with E-state index >= 15 is 0 Å². The number of methoxy groups -OCH3 is 1. The Bertz CT molecular complexity index is 1300. The average molecular weight is 465 g/mol. The van der Waals surface area contributed by atoms with Gasteiger partial charge >= 0.3 is 0 Å². The van der Waals surface area contributed by atoms with Crippen molar-refractivity contribution in [2.75, 3.05) is 13.7 Å². The molecule has 2 aromatic heterocycles. The monoisotopic (exact) mass is 464 g/mol. The van der Waals surface area contributed by atoms with Crippen molar-refractivity contribution in [3.05, 3.63) is 64.8 Å². The third kappa shape index (κ3) is 4.35. The van der Waals surface area contributed by atoms with Crippen LogP contribution in [0, 0.1) is 12.7 Å². The largest absolute Gasteiger partial charge is 0.497 e. The molecule has 1 aliphatic heterocycles. The lowest BCUT2D eigenvalue weighted by molar-refractivity contribution is 0.0607. The van der Waals surface area contributed by atoms with Gasteiger partial charge in [-0.1, -0.05) is 12.1 Å². The molecule has 1 unspecified atom stereocenters. The second kappa shape index (κ2) is 8.94. The highest BCUT2D eigenvalue weighted by atomic mass is 32.1. The molecule has 0 radical (unpaired) electrons. The summed E-state index contributed by atoms with van der Waals surface area (Å²) in [5.74, 6) is 1.27. The van der Waals surface area contributed by atoms with E-state index < -0.39 is 0 Å². The molecule has 1 N–H and O–H groups in total. The first-order valence-corrected chi connectivity index (χ1v) is 11.9. The van der Waals surface area contributed by atoms with E-state index in [4.69, 9.17) is 9.72 Å². The van der Waals surface area contributed by atoms with Gasteiger partial charge in [-0.15, -0.1) is 11.3 Å². The SMILES string of the molecule is COc1ccc2nc(CC3CCCCN3C(=O)c3nc(C)sc3-c3ccc(F)cc3)[nH]c2c1. The lowest BCUT2D eigenvalue weighted by Gasteiger charge is -2.35. The number of likely N-dealkylation sites (tertiary alicyclic amines) is 1. The molecule has 1 saturated heterocycles. The van der Waals surface area contributed by atoms with E-state index in [-0.39, 0.29) is 17.8 Å². The highest BCUT2D eigenvalue weighted by molar-refractivity contribution is 7.15. The van der Waals surface area contributed by atoms with Crippen molar-refractivity contribution in [3.63, 3.8) is 0 Å². The predicted octanol–water partition coefficient (Wildman–Crippen LogP) is 5.38. The zero-order valence-electron chi connectivity index (χ0n) is 18.6. The van der Waals surface area contributed by atoms with E-state index in [1.807, 2.05) is 30.0 Å². The molecule has 5 rings (SSSR count). The van der Waals surface area contributed by atoms with Gasteiger partial charge in [0.25, 0.3) is 5.91 Å². The van der Waals surface area contributed by atoms with Crippen LogP contribution < -0.4 is 4.74 Å². The number of piperidine rings is 1. The van der Waals surface area contributed by atoms with Crippen LogP contribution in [0.1, 0.15) is 40.6 Å². The summed E-state index contributed by atoms with van der Waals surface area (Å²) in [7, 11) is 1.64. The Morgan fingerprint density at radius 1 is 1.21 bits per heavy atom. The predicted molar refractivity (Wildman–Crippen MR) is 127 cm³/mol. The number of imidazole rings is 1. The maximum Gasteiger partial charge on any atom is 0.274 e. The first-order valence-electron chi connectivity index (χ1n) is 11.1. The number of H-pyrrole nitrogens is 1. The summed E-state index contributed by atoms with van der Waals surface area (Å²) < 4.78 is 18.7. The molecule has 3 heterocycles. The third-order valence-electron chi connectivity index (χ3n) is 6.10. The van der Waals surface area contributed by atoms with Crippen LogP contribution in [-0.2, 0) is 6.42 Å². The van der Waals surface area contributed by atoms with Crippen molar-refractivity contribution in [2.45, 2.75) is 38.6 Å². The van der Waals surface area contributed by atoms with Gasteiger partial charge in [-0.25, -0.2) is 14.4 Å². The standard InChI is InChI=1S/C25H25FN4O2S/c1-15-27-23(24(33-15)16-6-8-17(26)9-7-16)25(31)30-12-4-3-5-18(30)13-22-28-20-11-10-19(32-2)14-21(20)29-22/h6-11,14,18H,3-5,12-13H2,1-2H3,(H,28,29). The van der Waals surface area contributed by atoms with Crippen LogP contribution in [-0.4, -0.2) is 45.5 Å². The number of benzene rings is 2. The molecular formula is C25H25FN4O2S. The van der Waals surface area contributed by atoms with Gasteiger partial charge in [0, 0.05) is 25.1 Å². The van der Waals surface area contributed by atoms with Crippen molar-refractivity contribution in [1.82, 2.24) is 19.9 Å². The number of nitrogens with zero attached hydrogens (tertiary/aromatic N) is 3. The summed E-state index contributed by atoms with van der Waals surface area (Å²) in [4.78, 5) is 29.1. The summed E-state index contributed by atoms with van der Waals surface area (Å²) in [5.41, 5.74) is 3.07. The quantitative estimate of drug-likeness (QED) is 0.430. The van der Waals surface area contributed by atoms with Gasteiger partial charge in [0.1, 0.15) is 23.1 Å². The van der Waals surface area contributed by atoms with Crippen LogP contribution in [0.5, 0.6) is 5.75 Å². The first-order chi connectivity index (χ1) is 16.0. The summed E-state index contributed by atoms with van der Waals surface area (Å²) in [6, 6.07) is 12.0. The van der Waals surface area contributed by atoms with E-state index in [1.165, 1.54) is 23.5 Å². The van der Waals surface area contributed by atoms with Gasteiger partial charge in [0.2, 0.25) is 0 Å². The normalized spacial score (nSPS) is 16.3. The number of aryl methyl sites for hydroxylation is 1. The van der Waals surface area contributed by atoms with Crippen LogP contribution in [0.2, 0.25) is 0 Å². The molecule has 6 nitrogen and oxygen atoms in total. The maximum atomic E-state index is 13.7. The van der Waals surface area contributed by atoms with Gasteiger partial charge in [-0.05, 0) is 56.0 Å². The van der Waals surface area contributed by atoms with Crippen LogP contribution in [0.15, 0.2) is 42.5 Å². The second-order valence-electron chi connectivity index (χ2n) is 8.34. The molecule has 33 heavy (non-hydrogen) atoms. The summed E-state index contributed by atoms with van der Waals surface area (Å²) in [6.07, 6.45) is 3.61. The van der Waals surface area contributed by atoms with Crippen molar-refractivity contribution in [3.8, 4) is 16.2 Å². The van der Waals surface area contributed by atoms with E-state index in [9.17, 15) is 9.18 Å². The fourth-order valence-corrected chi connectivity index (χ4v) is 5.39. The molecule has 2 aromatic carbocycles. The number of hydrogen-bond donors (Lipinski definition) is 1. The number of fused-ring (bicyclic) bond motifs is 1. The summed E-state index contributed by atoms with van der Waals surface area (Å²) >= 11 is 1.47. The van der Waals surface area contributed by atoms with Gasteiger partial charge in [0.15, 0.2) is 0 Å². The molecular weight excluding hydrogens is 439 g/mol. The fraction of sp³-hybridized carbons (Fsp3) is 0.320. The third-order valence-corrected chi connectivity index (χ3v) is 7.12. The molecule has 0 aliphatic carbocycles. The minimum atomic E-state index is -0.299. The molecule has 1 atom stereocenters. The Morgan fingerprint density at radius 3 is 2.82 bits per heavy atom.